The Bertz CT molecular complexity index is 413. The van der Waals surface area contributed by atoms with Crippen LogP contribution in [0.3, 0.4) is 0 Å². The highest BCUT2D eigenvalue weighted by Crippen LogP contribution is 2.42. The van der Waals surface area contributed by atoms with Gasteiger partial charge in [-0.15, -0.1) is 6.58 Å². The molecule has 0 radical (unpaired) electrons. The van der Waals surface area contributed by atoms with Gasteiger partial charge in [-0.25, -0.2) is 0 Å². The lowest BCUT2D eigenvalue weighted by Crippen LogP contribution is -2.32. The summed E-state index contributed by atoms with van der Waals surface area (Å²) in [7, 11) is -3.87. The van der Waals surface area contributed by atoms with Gasteiger partial charge in [-0.2, -0.15) is 8.42 Å². The average Bonchev–Trinajstić information content (AvgIpc) is 2.46. The zero-order valence-corrected chi connectivity index (χ0v) is 13.3. The third kappa shape index (κ3) is 3.85. The predicted octanol–water partition coefficient (Wildman–Crippen LogP) is 4.06. The highest BCUT2D eigenvalue weighted by Gasteiger charge is 2.35. The Kier molecular flexibility index (Phi) is 5.30. The van der Waals surface area contributed by atoms with E-state index in [1.54, 1.807) is 6.92 Å². The molecule has 0 amide bonds. The van der Waals surface area contributed by atoms with Crippen molar-refractivity contribution in [1.29, 1.82) is 0 Å². The van der Waals surface area contributed by atoms with Crippen LogP contribution in [0.2, 0.25) is 0 Å². The molecule has 20 heavy (non-hydrogen) atoms. The minimum Gasteiger partial charge on any atom is -0.285 e. The van der Waals surface area contributed by atoms with Crippen molar-refractivity contribution < 1.29 is 13.0 Å². The van der Waals surface area contributed by atoms with Crippen LogP contribution in [-0.4, -0.2) is 18.2 Å². The molecule has 0 heterocycles. The summed E-state index contributed by atoms with van der Waals surface area (Å²) in [4.78, 5) is 0. The first-order valence-electron chi connectivity index (χ1n) is 8.00. The largest absolute Gasteiger partial charge is 0.285 e. The van der Waals surface area contributed by atoms with Crippen molar-refractivity contribution in [2.24, 2.45) is 23.7 Å². The summed E-state index contributed by atoms with van der Waals surface area (Å²) in [6.45, 7) is 5.54. The molecule has 0 bridgehead atoms. The van der Waals surface area contributed by atoms with Crippen molar-refractivity contribution in [3.63, 3.8) is 0 Å². The topological polar surface area (TPSA) is 54.4 Å². The number of hydrogen-bond donors (Lipinski definition) is 1. The maximum absolute atomic E-state index is 11.2. The third-order valence-electron chi connectivity index (χ3n) is 5.77. The van der Waals surface area contributed by atoms with Gasteiger partial charge in [0, 0.05) is 0 Å². The van der Waals surface area contributed by atoms with E-state index in [9.17, 15) is 13.0 Å². The zero-order valence-electron chi connectivity index (χ0n) is 12.5. The summed E-state index contributed by atoms with van der Waals surface area (Å²) in [5, 5.41) is -0.597. The Morgan fingerprint density at radius 1 is 1.00 bits per heavy atom. The zero-order chi connectivity index (χ0) is 14.8. The van der Waals surface area contributed by atoms with Gasteiger partial charge >= 0.3 is 0 Å². The Balaban J connectivity index is 1.81. The molecule has 0 spiro atoms. The molecular weight excluding hydrogens is 272 g/mol. The van der Waals surface area contributed by atoms with Gasteiger partial charge in [0.1, 0.15) is 0 Å². The molecular formula is C16H28O3S. The fraction of sp³-hybridized carbons (Fsp3) is 0.875. The molecule has 0 aliphatic heterocycles. The molecule has 1 unspecified atom stereocenters. The van der Waals surface area contributed by atoms with Gasteiger partial charge in [0.2, 0.25) is 0 Å². The van der Waals surface area contributed by atoms with Gasteiger partial charge in [0.25, 0.3) is 10.1 Å². The van der Waals surface area contributed by atoms with Gasteiger partial charge in [-0.05, 0) is 82.0 Å². The first-order chi connectivity index (χ1) is 9.41. The molecule has 1 N–H and O–H groups in total. The normalized spacial score (nSPS) is 37.3. The Morgan fingerprint density at radius 2 is 1.45 bits per heavy atom. The highest BCUT2D eigenvalue weighted by atomic mass is 32.2. The number of allylic oxidation sites excluding steroid dienone is 1. The van der Waals surface area contributed by atoms with Gasteiger partial charge in [0.05, 0.1) is 5.25 Å². The second kappa shape index (κ2) is 6.61. The first-order valence-corrected chi connectivity index (χ1v) is 9.51. The van der Waals surface area contributed by atoms with Crippen molar-refractivity contribution >= 4 is 10.1 Å². The second-order valence-corrected chi connectivity index (χ2v) is 8.58. The lowest BCUT2D eigenvalue weighted by atomic mass is 9.69. The molecule has 0 aromatic rings. The van der Waals surface area contributed by atoms with Crippen LogP contribution >= 0.6 is 0 Å². The second-order valence-electron chi connectivity index (χ2n) is 6.81. The van der Waals surface area contributed by atoms with Gasteiger partial charge < -0.3 is 0 Å². The van der Waals surface area contributed by atoms with Gasteiger partial charge in [0.15, 0.2) is 0 Å². The molecule has 2 aliphatic rings. The van der Waals surface area contributed by atoms with Crippen molar-refractivity contribution in [2.45, 2.75) is 63.5 Å². The van der Waals surface area contributed by atoms with Crippen LogP contribution in [0.15, 0.2) is 12.7 Å². The molecule has 1 atom stereocenters. The maximum Gasteiger partial charge on any atom is 0.267 e. The summed E-state index contributed by atoms with van der Waals surface area (Å²) in [6, 6.07) is 0. The highest BCUT2D eigenvalue weighted by molar-refractivity contribution is 7.86. The molecule has 2 saturated carbocycles. The summed E-state index contributed by atoms with van der Waals surface area (Å²) >= 11 is 0. The van der Waals surface area contributed by atoms with E-state index in [4.69, 9.17) is 0 Å². The van der Waals surface area contributed by atoms with Crippen molar-refractivity contribution in [3.05, 3.63) is 12.7 Å². The molecule has 0 aromatic carbocycles. The molecule has 0 saturated heterocycles. The van der Waals surface area contributed by atoms with Crippen LogP contribution < -0.4 is 0 Å². The Hall–Kier alpha value is -0.350. The van der Waals surface area contributed by atoms with E-state index >= 15 is 0 Å². The van der Waals surface area contributed by atoms with Crippen molar-refractivity contribution in [2.75, 3.05) is 0 Å². The quantitative estimate of drug-likeness (QED) is 0.629. The monoisotopic (exact) mass is 300 g/mol. The predicted molar refractivity (Wildman–Crippen MR) is 82.1 cm³/mol. The van der Waals surface area contributed by atoms with Crippen LogP contribution in [0.25, 0.3) is 0 Å². The Labute approximate surface area is 123 Å². The molecule has 2 rings (SSSR count). The van der Waals surface area contributed by atoms with E-state index in [0.717, 1.165) is 37.5 Å². The standard InChI is InChI=1S/C16H28O3S/c1-3-13-4-6-15(7-5-13)16-10-8-14(9-11-16)12(2)20(17,18)19/h3,12-16H,1,4-11H2,2H3,(H,17,18,19). The van der Waals surface area contributed by atoms with E-state index in [2.05, 4.69) is 12.7 Å². The number of rotatable bonds is 4. The van der Waals surface area contributed by atoms with Crippen molar-refractivity contribution in [3.8, 4) is 0 Å². The SMILES string of the molecule is C=CC1CCC(C2CCC(C(C)S(=O)(=O)O)CC2)CC1. The summed E-state index contributed by atoms with van der Waals surface area (Å²) in [5.41, 5.74) is 0. The summed E-state index contributed by atoms with van der Waals surface area (Å²) < 4.78 is 31.6. The smallest absolute Gasteiger partial charge is 0.267 e. The maximum atomic E-state index is 11.2. The molecule has 116 valence electrons. The third-order valence-corrected chi connectivity index (χ3v) is 7.09. The summed E-state index contributed by atoms with van der Waals surface area (Å²) in [5.74, 6) is 2.45. The van der Waals surface area contributed by atoms with E-state index in [1.807, 2.05) is 0 Å². The molecule has 3 nitrogen and oxygen atoms in total. The lowest BCUT2D eigenvalue weighted by molar-refractivity contribution is 0.154. The van der Waals surface area contributed by atoms with Gasteiger partial charge in [-0.1, -0.05) is 6.08 Å². The van der Waals surface area contributed by atoms with Crippen LogP contribution in [0, 0.1) is 23.7 Å². The van der Waals surface area contributed by atoms with Crippen molar-refractivity contribution in [1.82, 2.24) is 0 Å². The molecule has 0 aromatic heterocycles. The lowest BCUT2D eigenvalue weighted by Gasteiger charge is -2.38. The van der Waals surface area contributed by atoms with Crippen LogP contribution in [-0.2, 0) is 10.1 Å². The minimum absolute atomic E-state index is 0.144. The fourth-order valence-corrected chi connectivity index (χ4v) is 4.94. The van der Waals surface area contributed by atoms with E-state index in [0.29, 0.717) is 5.92 Å². The first kappa shape index (κ1) is 16.0. The Morgan fingerprint density at radius 3 is 1.85 bits per heavy atom. The number of hydrogen-bond acceptors (Lipinski definition) is 2. The van der Waals surface area contributed by atoms with Gasteiger partial charge in [-0.3, -0.25) is 4.55 Å². The molecule has 2 fully saturated rings. The van der Waals surface area contributed by atoms with Crippen LogP contribution in [0.1, 0.15) is 58.3 Å². The van der Waals surface area contributed by atoms with E-state index in [-0.39, 0.29) is 5.92 Å². The molecule has 4 heteroatoms. The summed E-state index contributed by atoms with van der Waals surface area (Å²) in [6.07, 6.45) is 11.4. The van der Waals surface area contributed by atoms with Crippen LogP contribution in [0.4, 0.5) is 0 Å². The van der Waals surface area contributed by atoms with E-state index in [1.165, 1.54) is 25.7 Å². The molecule has 2 aliphatic carbocycles. The fourth-order valence-electron chi connectivity index (χ4n) is 4.18. The average molecular weight is 300 g/mol. The van der Waals surface area contributed by atoms with Crippen LogP contribution in [0.5, 0.6) is 0 Å². The minimum atomic E-state index is -3.87. The van der Waals surface area contributed by atoms with E-state index < -0.39 is 15.4 Å².